The molecule has 0 saturated heterocycles. The third-order valence-corrected chi connectivity index (χ3v) is 3.77. The monoisotopic (exact) mass is 247 g/mol. The highest BCUT2D eigenvalue weighted by molar-refractivity contribution is 7.80. The summed E-state index contributed by atoms with van der Waals surface area (Å²) < 4.78 is 0. The number of thiol groups is 1. The van der Waals surface area contributed by atoms with Crippen LogP contribution in [0, 0.1) is 5.92 Å². The van der Waals surface area contributed by atoms with Gasteiger partial charge in [-0.2, -0.15) is 0 Å². The lowest BCUT2D eigenvalue weighted by Crippen LogP contribution is -2.34. The van der Waals surface area contributed by atoms with Crippen molar-refractivity contribution in [2.75, 3.05) is 6.54 Å². The van der Waals surface area contributed by atoms with Crippen molar-refractivity contribution in [2.24, 2.45) is 5.92 Å². The third-order valence-electron chi connectivity index (χ3n) is 3.49. The van der Waals surface area contributed by atoms with E-state index in [4.69, 9.17) is 0 Å². The second-order valence-electron chi connectivity index (χ2n) is 5.18. The number of nitrogens with zero attached hydrogens (tertiary/aromatic N) is 1. The van der Waals surface area contributed by atoms with Gasteiger partial charge in [0.05, 0.1) is 0 Å². The zero-order valence-electron chi connectivity index (χ0n) is 9.80. The number of carbonyl (C=O) groups is 1. The molecule has 3 rings (SSSR count). The molecule has 2 nitrogen and oxygen atoms in total. The maximum Gasteiger partial charge on any atom is 0.254 e. The quantitative estimate of drug-likeness (QED) is 0.811. The van der Waals surface area contributed by atoms with E-state index in [0.717, 1.165) is 22.9 Å². The number of carbonyl (C=O) groups excluding carboxylic acids is 1. The summed E-state index contributed by atoms with van der Waals surface area (Å²) in [6.45, 7) is 0.959. The summed E-state index contributed by atoms with van der Waals surface area (Å²) >= 11 is 4.30. The molecule has 2 aliphatic carbocycles. The topological polar surface area (TPSA) is 20.3 Å². The Morgan fingerprint density at radius 3 is 2.65 bits per heavy atom. The Morgan fingerprint density at radius 1 is 1.29 bits per heavy atom. The summed E-state index contributed by atoms with van der Waals surface area (Å²) in [7, 11) is 0. The van der Waals surface area contributed by atoms with Gasteiger partial charge in [0.2, 0.25) is 0 Å². The van der Waals surface area contributed by atoms with Gasteiger partial charge in [-0.3, -0.25) is 4.79 Å². The molecule has 1 aromatic rings. The SMILES string of the molecule is O=C(c1cccc(S)c1)N(CC1CC1)C1CC1. The summed E-state index contributed by atoms with van der Waals surface area (Å²) in [6, 6.07) is 8.07. The number of amides is 1. The molecule has 0 aromatic heterocycles. The fourth-order valence-electron chi connectivity index (χ4n) is 2.17. The number of hydrogen-bond acceptors (Lipinski definition) is 2. The molecule has 0 N–H and O–H groups in total. The van der Waals surface area contributed by atoms with Crippen LogP contribution in [0.3, 0.4) is 0 Å². The molecule has 0 aliphatic heterocycles. The van der Waals surface area contributed by atoms with E-state index in [0.29, 0.717) is 6.04 Å². The maximum atomic E-state index is 12.4. The van der Waals surface area contributed by atoms with E-state index in [1.807, 2.05) is 24.3 Å². The van der Waals surface area contributed by atoms with Crippen LogP contribution in [0.15, 0.2) is 29.2 Å². The van der Waals surface area contributed by atoms with Gasteiger partial charge in [0.1, 0.15) is 0 Å². The summed E-state index contributed by atoms with van der Waals surface area (Å²) in [6.07, 6.45) is 4.95. The minimum Gasteiger partial charge on any atom is -0.335 e. The van der Waals surface area contributed by atoms with Gasteiger partial charge in [0.25, 0.3) is 5.91 Å². The van der Waals surface area contributed by atoms with Crippen molar-refractivity contribution in [3.8, 4) is 0 Å². The Hall–Kier alpha value is -0.960. The Labute approximate surface area is 107 Å². The van der Waals surface area contributed by atoms with Crippen LogP contribution >= 0.6 is 12.6 Å². The van der Waals surface area contributed by atoms with E-state index in [-0.39, 0.29) is 5.91 Å². The third kappa shape index (κ3) is 2.65. The molecule has 1 amide bonds. The van der Waals surface area contributed by atoms with E-state index in [2.05, 4.69) is 17.5 Å². The molecule has 2 saturated carbocycles. The predicted molar refractivity (Wildman–Crippen MR) is 70.5 cm³/mol. The van der Waals surface area contributed by atoms with Gasteiger partial charge in [-0.25, -0.2) is 0 Å². The minimum absolute atomic E-state index is 0.190. The first kappa shape index (κ1) is 11.1. The molecule has 17 heavy (non-hydrogen) atoms. The Bertz CT molecular complexity index is 438. The molecule has 2 aliphatic rings. The van der Waals surface area contributed by atoms with Crippen LogP contribution in [0.2, 0.25) is 0 Å². The van der Waals surface area contributed by atoms with Crippen molar-refractivity contribution in [1.29, 1.82) is 0 Å². The molecule has 0 bridgehead atoms. The van der Waals surface area contributed by atoms with Gasteiger partial charge in [-0.15, -0.1) is 12.6 Å². The number of benzene rings is 1. The van der Waals surface area contributed by atoms with Crippen molar-refractivity contribution >= 4 is 18.5 Å². The molecule has 0 heterocycles. The first-order chi connectivity index (χ1) is 8.24. The summed E-state index contributed by atoms with van der Waals surface area (Å²) in [5, 5.41) is 0. The zero-order chi connectivity index (χ0) is 11.8. The number of hydrogen-bond donors (Lipinski definition) is 1. The number of rotatable bonds is 4. The second-order valence-corrected chi connectivity index (χ2v) is 5.70. The van der Waals surface area contributed by atoms with Gasteiger partial charge in [0, 0.05) is 23.0 Å². The normalized spacial score (nSPS) is 19.1. The van der Waals surface area contributed by atoms with Crippen LogP contribution < -0.4 is 0 Å². The molecule has 2 fully saturated rings. The van der Waals surface area contributed by atoms with Gasteiger partial charge in [-0.05, 0) is 49.8 Å². The smallest absolute Gasteiger partial charge is 0.254 e. The lowest BCUT2D eigenvalue weighted by Gasteiger charge is -2.22. The van der Waals surface area contributed by atoms with E-state index in [1.54, 1.807) is 0 Å². The highest BCUT2D eigenvalue weighted by Crippen LogP contribution is 2.35. The molecule has 3 heteroatoms. The van der Waals surface area contributed by atoms with Crippen LogP contribution in [0.25, 0.3) is 0 Å². The fraction of sp³-hybridized carbons (Fsp3) is 0.500. The van der Waals surface area contributed by atoms with Gasteiger partial charge < -0.3 is 4.90 Å². The summed E-state index contributed by atoms with van der Waals surface area (Å²) in [5.41, 5.74) is 0.782. The lowest BCUT2D eigenvalue weighted by molar-refractivity contribution is 0.0734. The van der Waals surface area contributed by atoms with Crippen LogP contribution in [0.4, 0.5) is 0 Å². The van der Waals surface area contributed by atoms with Gasteiger partial charge in [0.15, 0.2) is 0 Å². The summed E-state index contributed by atoms with van der Waals surface area (Å²) in [5.74, 6) is 0.953. The van der Waals surface area contributed by atoms with Crippen molar-refractivity contribution in [3.05, 3.63) is 29.8 Å². The largest absolute Gasteiger partial charge is 0.335 e. The Balaban J connectivity index is 1.77. The molecular weight excluding hydrogens is 230 g/mol. The minimum atomic E-state index is 0.190. The predicted octanol–water partition coefficient (Wildman–Crippen LogP) is 2.99. The highest BCUT2D eigenvalue weighted by Gasteiger charge is 2.36. The average molecular weight is 247 g/mol. The second kappa shape index (κ2) is 4.37. The fourth-order valence-corrected chi connectivity index (χ4v) is 2.39. The van der Waals surface area contributed by atoms with Gasteiger partial charge >= 0.3 is 0 Å². The molecule has 0 unspecified atom stereocenters. The van der Waals surface area contributed by atoms with Crippen molar-refractivity contribution < 1.29 is 4.79 Å². The van der Waals surface area contributed by atoms with E-state index >= 15 is 0 Å². The van der Waals surface area contributed by atoms with Crippen LogP contribution in [-0.2, 0) is 0 Å². The lowest BCUT2D eigenvalue weighted by atomic mass is 10.2. The molecule has 1 aromatic carbocycles. The van der Waals surface area contributed by atoms with Crippen molar-refractivity contribution in [1.82, 2.24) is 4.90 Å². The molecule has 90 valence electrons. The van der Waals surface area contributed by atoms with Crippen LogP contribution in [-0.4, -0.2) is 23.4 Å². The molecule has 0 atom stereocenters. The maximum absolute atomic E-state index is 12.4. The summed E-state index contributed by atoms with van der Waals surface area (Å²) in [4.78, 5) is 15.4. The zero-order valence-corrected chi connectivity index (χ0v) is 10.7. The van der Waals surface area contributed by atoms with Crippen molar-refractivity contribution in [2.45, 2.75) is 36.6 Å². The van der Waals surface area contributed by atoms with Gasteiger partial charge in [-0.1, -0.05) is 6.07 Å². The van der Waals surface area contributed by atoms with E-state index in [1.165, 1.54) is 25.7 Å². The first-order valence-electron chi connectivity index (χ1n) is 6.34. The highest BCUT2D eigenvalue weighted by atomic mass is 32.1. The molecule has 0 radical (unpaired) electrons. The van der Waals surface area contributed by atoms with Crippen LogP contribution in [0.1, 0.15) is 36.0 Å². The van der Waals surface area contributed by atoms with Crippen LogP contribution in [0.5, 0.6) is 0 Å². The molecular formula is C14H17NOS. The molecule has 0 spiro atoms. The van der Waals surface area contributed by atoms with E-state index in [9.17, 15) is 4.79 Å². The average Bonchev–Trinajstić information content (AvgIpc) is 3.16. The van der Waals surface area contributed by atoms with E-state index < -0.39 is 0 Å². The Morgan fingerprint density at radius 2 is 2.06 bits per heavy atom. The Kier molecular flexibility index (Phi) is 2.87. The van der Waals surface area contributed by atoms with Crippen molar-refractivity contribution in [3.63, 3.8) is 0 Å². The first-order valence-corrected chi connectivity index (χ1v) is 6.79. The standard InChI is InChI=1S/C14H17NOS/c16-14(11-2-1-3-13(17)8-11)15(12-6-7-12)9-10-4-5-10/h1-3,8,10,12,17H,4-7,9H2.